The fraction of sp³-hybridized carbons (Fsp3) is 0.412. The molecule has 1 aromatic heterocycles. The number of hydrogen-bond acceptors (Lipinski definition) is 3. The van der Waals surface area contributed by atoms with Crippen molar-refractivity contribution in [1.82, 2.24) is 9.78 Å². The van der Waals surface area contributed by atoms with Gasteiger partial charge >= 0.3 is 0 Å². The Labute approximate surface area is 140 Å². The van der Waals surface area contributed by atoms with E-state index in [1.165, 1.54) is 0 Å². The van der Waals surface area contributed by atoms with Crippen LogP contribution in [0, 0.1) is 6.92 Å². The van der Waals surface area contributed by atoms with Crippen LogP contribution in [0.2, 0.25) is 5.02 Å². The van der Waals surface area contributed by atoms with E-state index < -0.39 is 0 Å². The highest BCUT2D eigenvalue weighted by Gasteiger charge is 2.27. The van der Waals surface area contributed by atoms with Crippen molar-refractivity contribution >= 4 is 23.2 Å². The maximum absolute atomic E-state index is 12.7. The molecule has 1 aliphatic rings. The predicted molar refractivity (Wildman–Crippen MR) is 90.2 cm³/mol. The summed E-state index contributed by atoms with van der Waals surface area (Å²) in [7, 11) is 1.89. The van der Waals surface area contributed by atoms with E-state index in [9.17, 15) is 4.79 Å². The summed E-state index contributed by atoms with van der Waals surface area (Å²) in [6.45, 7) is 4.47. The maximum Gasteiger partial charge on any atom is 0.227 e. The number of aromatic nitrogens is 2. The summed E-state index contributed by atoms with van der Waals surface area (Å²) >= 11 is 6.07. The molecule has 0 saturated carbocycles. The Hall–Kier alpha value is -2.01. The number of halogens is 1. The monoisotopic (exact) mass is 333 g/mol. The summed E-state index contributed by atoms with van der Waals surface area (Å²) in [5.74, 6) is 0.783. The quantitative estimate of drug-likeness (QED) is 0.867. The number of hydrogen-bond donors (Lipinski definition) is 0. The summed E-state index contributed by atoms with van der Waals surface area (Å²) in [6.07, 6.45) is 3.05. The highest BCUT2D eigenvalue weighted by molar-refractivity contribution is 6.31. The van der Waals surface area contributed by atoms with Gasteiger partial charge in [-0.25, -0.2) is 0 Å². The number of fused-ring (bicyclic) bond motifs is 1. The fourth-order valence-corrected chi connectivity index (χ4v) is 3.08. The number of ether oxygens (including phenoxy) is 1. The lowest BCUT2D eigenvalue weighted by Crippen LogP contribution is -2.42. The Balaban J connectivity index is 1.77. The third-order valence-electron chi connectivity index (χ3n) is 4.00. The standard InChI is InChI=1S/C17H20ClN3O2/c1-11-9-21(15-8-14(18)5-6-16(15)23-11)17(22)7-4-13-10-20(3)19-12(13)2/h5-6,8,10-11H,4,7,9H2,1-3H3. The van der Waals surface area contributed by atoms with Crippen molar-refractivity contribution in [3.63, 3.8) is 0 Å². The van der Waals surface area contributed by atoms with Gasteiger partial charge in [0.25, 0.3) is 0 Å². The molecular weight excluding hydrogens is 314 g/mol. The smallest absolute Gasteiger partial charge is 0.227 e. The molecule has 2 heterocycles. The van der Waals surface area contributed by atoms with Crippen molar-refractivity contribution in [3.05, 3.63) is 40.7 Å². The highest BCUT2D eigenvalue weighted by Crippen LogP contribution is 2.36. The van der Waals surface area contributed by atoms with Gasteiger partial charge in [0.2, 0.25) is 5.91 Å². The first-order valence-electron chi connectivity index (χ1n) is 7.69. The second-order valence-corrected chi connectivity index (χ2v) is 6.39. The fourth-order valence-electron chi connectivity index (χ4n) is 2.92. The molecule has 5 nitrogen and oxygen atoms in total. The van der Waals surface area contributed by atoms with Gasteiger partial charge in [-0.3, -0.25) is 9.48 Å². The second kappa shape index (κ2) is 6.24. The van der Waals surface area contributed by atoms with Gasteiger partial charge in [-0.2, -0.15) is 5.10 Å². The number of carbonyl (C=O) groups excluding carboxylic acids is 1. The molecule has 0 bridgehead atoms. The van der Waals surface area contributed by atoms with Crippen LogP contribution in [0.5, 0.6) is 5.75 Å². The lowest BCUT2D eigenvalue weighted by Gasteiger charge is -2.33. The van der Waals surface area contributed by atoms with E-state index in [0.29, 0.717) is 30.2 Å². The minimum absolute atomic E-state index is 0.0345. The second-order valence-electron chi connectivity index (χ2n) is 5.96. The molecule has 0 N–H and O–H groups in total. The van der Waals surface area contributed by atoms with Crippen LogP contribution < -0.4 is 9.64 Å². The SMILES string of the molecule is Cc1nn(C)cc1CCC(=O)N1CC(C)Oc2ccc(Cl)cc21. The Kier molecular flexibility index (Phi) is 4.31. The molecule has 1 aliphatic heterocycles. The molecular formula is C17H20ClN3O2. The van der Waals surface area contributed by atoms with E-state index in [2.05, 4.69) is 5.10 Å². The minimum Gasteiger partial charge on any atom is -0.487 e. The van der Waals surface area contributed by atoms with Gasteiger partial charge in [0.1, 0.15) is 11.9 Å². The number of carbonyl (C=O) groups is 1. The van der Waals surface area contributed by atoms with Crippen LogP contribution in [-0.4, -0.2) is 28.3 Å². The topological polar surface area (TPSA) is 47.4 Å². The number of aryl methyl sites for hydroxylation is 3. The maximum atomic E-state index is 12.7. The first kappa shape index (κ1) is 15.9. The Morgan fingerprint density at radius 3 is 2.96 bits per heavy atom. The summed E-state index contributed by atoms with van der Waals surface area (Å²) in [6, 6.07) is 5.38. The zero-order valence-electron chi connectivity index (χ0n) is 13.5. The zero-order valence-corrected chi connectivity index (χ0v) is 14.3. The van der Waals surface area contributed by atoms with Crippen LogP contribution in [0.4, 0.5) is 5.69 Å². The summed E-state index contributed by atoms with van der Waals surface area (Å²) in [5, 5.41) is 4.92. The van der Waals surface area contributed by atoms with E-state index >= 15 is 0 Å². The Morgan fingerprint density at radius 2 is 2.26 bits per heavy atom. The lowest BCUT2D eigenvalue weighted by molar-refractivity contribution is -0.119. The van der Waals surface area contributed by atoms with Crippen LogP contribution in [-0.2, 0) is 18.3 Å². The lowest BCUT2D eigenvalue weighted by atomic mass is 10.1. The third-order valence-corrected chi connectivity index (χ3v) is 4.24. The predicted octanol–water partition coefficient (Wildman–Crippen LogP) is 3.13. The molecule has 6 heteroatoms. The van der Waals surface area contributed by atoms with Crippen LogP contribution in [0.25, 0.3) is 0 Å². The summed E-state index contributed by atoms with van der Waals surface area (Å²) in [4.78, 5) is 14.5. The van der Waals surface area contributed by atoms with E-state index in [1.807, 2.05) is 33.2 Å². The largest absolute Gasteiger partial charge is 0.487 e. The van der Waals surface area contributed by atoms with E-state index in [-0.39, 0.29) is 12.0 Å². The van der Waals surface area contributed by atoms with Gasteiger partial charge in [0, 0.05) is 24.7 Å². The zero-order chi connectivity index (χ0) is 16.6. The molecule has 1 unspecified atom stereocenters. The molecule has 1 aromatic carbocycles. The van der Waals surface area contributed by atoms with Gasteiger partial charge in [-0.05, 0) is 44.0 Å². The van der Waals surface area contributed by atoms with Crippen molar-refractivity contribution in [3.8, 4) is 5.75 Å². The van der Waals surface area contributed by atoms with Gasteiger partial charge in [0.15, 0.2) is 0 Å². The van der Waals surface area contributed by atoms with Gasteiger partial charge in [-0.15, -0.1) is 0 Å². The Bertz CT molecular complexity index is 741. The normalized spacial score (nSPS) is 16.9. The molecule has 0 saturated heterocycles. The van der Waals surface area contributed by atoms with Crippen molar-refractivity contribution in [2.24, 2.45) is 7.05 Å². The molecule has 122 valence electrons. The molecule has 0 fully saturated rings. The molecule has 23 heavy (non-hydrogen) atoms. The molecule has 3 rings (SSSR count). The molecule has 0 spiro atoms. The summed E-state index contributed by atoms with van der Waals surface area (Å²) in [5.41, 5.74) is 2.83. The van der Waals surface area contributed by atoms with Crippen LogP contribution in [0.15, 0.2) is 24.4 Å². The van der Waals surface area contributed by atoms with E-state index in [0.717, 1.165) is 16.9 Å². The molecule has 1 amide bonds. The average Bonchev–Trinajstić information content (AvgIpc) is 2.82. The van der Waals surface area contributed by atoms with Crippen LogP contribution in [0.3, 0.4) is 0 Å². The number of nitrogens with zero attached hydrogens (tertiary/aromatic N) is 3. The van der Waals surface area contributed by atoms with Crippen molar-refractivity contribution in [2.45, 2.75) is 32.8 Å². The van der Waals surface area contributed by atoms with E-state index in [1.54, 1.807) is 21.7 Å². The molecule has 2 aromatic rings. The number of amides is 1. The van der Waals surface area contributed by atoms with Crippen LogP contribution in [0.1, 0.15) is 24.6 Å². The molecule has 0 aliphatic carbocycles. The first-order chi connectivity index (χ1) is 10.9. The van der Waals surface area contributed by atoms with Crippen LogP contribution >= 0.6 is 11.6 Å². The van der Waals surface area contributed by atoms with Crippen molar-refractivity contribution in [2.75, 3.05) is 11.4 Å². The molecule has 0 radical (unpaired) electrons. The first-order valence-corrected chi connectivity index (χ1v) is 8.07. The Morgan fingerprint density at radius 1 is 1.48 bits per heavy atom. The number of benzene rings is 1. The van der Waals surface area contributed by atoms with Gasteiger partial charge in [0.05, 0.1) is 17.9 Å². The van der Waals surface area contributed by atoms with Gasteiger partial charge < -0.3 is 9.64 Å². The van der Waals surface area contributed by atoms with Crippen molar-refractivity contribution < 1.29 is 9.53 Å². The third kappa shape index (κ3) is 3.34. The minimum atomic E-state index is -0.0345. The number of anilines is 1. The number of rotatable bonds is 3. The van der Waals surface area contributed by atoms with E-state index in [4.69, 9.17) is 16.3 Å². The van der Waals surface area contributed by atoms with Gasteiger partial charge in [-0.1, -0.05) is 11.6 Å². The molecule has 1 atom stereocenters. The average molecular weight is 334 g/mol. The van der Waals surface area contributed by atoms with Crippen molar-refractivity contribution in [1.29, 1.82) is 0 Å². The summed E-state index contributed by atoms with van der Waals surface area (Å²) < 4.78 is 7.57. The highest BCUT2D eigenvalue weighted by atomic mass is 35.5.